The molecule has 0 spiro atoms. The number of rotatable bonds is 9. The molecule has 0 radical (unpaired) electrons. The van der Waals surface area contributed by atoms with Crippen LogP contribution in [0.1, 0.15) is 43.2 Å². The minimum atomic E-state index is -0.862. The zero-order valence-electron chi connectivity index (χ0n) is 21.5. The molecule has 0 saturated heterocycles. The number of nitrogens with one attached hydrogen (secondary N) is 2. The summed E-state index contributed by atoms with van der Waals surface area (Å²) in [6, 6.07) is 16.0. The number of hydrogen-bond donors (Lipinski definition) is 4. The summed E-state index contributed by atoms with van der Waals surface area (Å²) in [6.45, 7) is 2.47. The second-order valence-electron chi connectivity index (χ2n) is 9.11. The molecule has 2 aromatic carbocycles. The minimum Gasteiger partial charge on any atom is -0.493 e. The molecule has 0 aliphatic carbocycles. The van der Waals surface area contributed by atoms with E-state index >= 15 is 0 Å². The maximum absolute atomic E-state index is 9.33. The molecule has 0 saturated carbocycles. The van der Waals surface area contributed by atoms with Gasteiger partial charge in [0.15, 0.2) is 0 Å². The zero-order chi connectivity index (χ0) is 26.4. The molecular weight excluding hydrogens is 484 g/mol. The van der Waals surface area contributed by atoms with E-state index in [1.807, 2.05) is 60.1 Å². The monoisotopic (exact) mass is 520 g/mol. The van der Waals surface area contributed by atoms with Crippen molar-refractivity contribution in [2.45, 2.75) is 51.5 Å². The Morgan fingerprint density at radius 3 is 2.68 bits per heavy atom. The molecule has 38 heavy (non-hydrogen) atoms. The number of benzene rings is 2. The van der Waals surface area contributed by atoms with E-state index in [1.54, 1.807) is 6.20 Å². The summed E-state index contributed by atoms with van der Waals surface area (Å²) in [5.74, 6) is 1.29. The lowest BCUT2D eigenvalue weighted by Gasteiger charge is -2.14. The molecule has 4 rings (SSSR count). The normalized spacial score (nSPS) is 15.5. The van der Waals surface area contributed by atoms with Crippen LogP contribution in [0.25, 0.3) is 11.3 Å². The van der Waals surface area contributed by atoms with Crippen molar-refractivity contribution in [1.29, 1.82) is 0 Å². The highest BCUT2D eigenvalue weighted by Gasteiger charge is 2.09. The van der Waals surface area contributed by atoms with Crippen molar-refractivity contribution in [3.8, 4) is 17.0 Å². The van der Waals surface area contributed by atoms with Crippen LogP contribution in [-0.4, -0.2) is 46.3 Å². The van der Waals surface area contributed by atoms with Crippen LogP contribution in [-0.2, 0) is 22.7 Å². The molecule has 1 unspecified atom stereocenters. The van der Waals surface area contributed by atoms with Gasteiger partial charge >= 0.3 is 0 Å². The molecule has 6 bridgehead atoms. The Labute approximate surface area is 223 Å². The Balaban J connectivity index is 1.44. The highest BCUT2D eigenvalue weighted by atomic mass is 16.5. The lowest BCUT2D eigenvalue weighted by atomic mass is 10.1. The molecule has 3 aromatic rings. The predicted molar refractivity (Wildman–Crippen MR) is 145 cm³/mol. The molecule has 1 aromatic heterocycles. The van der Waals surface area contributed by atoms with E-state index in [1.165, 1.54) is 0 Å². The predicted octanol–water partition coefficient (Wildman–Crippen LogP) is 5.12. The van der Waals surface area contributed by atoms with Crippen molar-refractivity contribution in [3.05, 3.63) is 78.0 Å². The van der Waals surface area contributed by atoms with Crippen LogP contribution in [0.2, 0.25) is 0 Å². The average Bonchev–Trinajstić information content (AvgIpc) is 2.94. The fourth-order valence-corrected chi connectivity index (χ4v) is 4.10. The van der Waals surface area contributed by atoms with Gasteiger partial charge in [-0.05, 0) is 55.2 Å². The van der Waals surface area contributed by atoms with E-state index < -0.39 is 6.23 Å². The molecule has 1 atom stereocenters. The van der Waals surface area contributed by atoms with E-state index in [0.717, 1.165) is 59.5 Å². The molecule has 202 valence electrons. The second kappa shape index (κ2) is 15.2. The van der Waals surface area contributed by atoms with E-state index in [9.17, 15) is 5.11 Å². The van der Waals surface area contributed by atoms with Gasteiger partial charge < -0.3 is 29.8 Å². The first kappa shape index (κ1) is 27.7. The Morgan fingerprint density at radius 1 is 0.974 bits per heavy atom. The first-order valence-electron chi connectivity index (χ1n) is 13.0. The first-order chi connectivity index (χ1) is 18.7. The summed E-state index contributed by atoms with van der Waals surface area (Å²) in [4.78, 5) is 9.12. The van der Waals surface area contributed by atoms with Crippen molar-refractivity contribution in [3.63, 3.8) is 0 Å². The summed E-state index contributed by atoms with van der Waals surface area (Å²) in [5, 5.41) is 21.3. The zero-order valence-corrected chi connectivity index (χ0v) is 21.5. The number of hydroxylamine groups is 1. The molecule has 4 N–H and O–H groups in total. The number of unbranched alkanes of at least 4 members (excludes halogenated alkanes) is 3. The molecular formula is C29H36N4O5. The van der Waals surface area contributed by atoms with E-state index in [2.05, 4.69) is 16.4 Å². The fourth-order valence-electron chi connectivity index (χ4n) is 4.10. The summed E-state index contributed by atoms with van der Waals surface area (Å²) >= 11 is 0. The van der Waals surface area contributed by atoms with Crippen molar-refractivity contribution in [2.75, 3.05) is 25.1 Å². The second-order valence-corrected chi connectivity index (χ2v) is 9.11. The van der Waals surface area contributed by atoms with Crippen LogP contribution in [0.15, 0.2) is 66.9 Å². The van der Waals surface area contributed by atoms with Gasteiger partial charge in [-0.15, -0.1) is 0 Å². The van der Waals surface area contributed by atoms with Gasteiger partial charge in [-0.25, -0.2) is 9.97 Å². The topological polar surface area (TPSA) is 118 Å². The van der Waals surface area contributed by atoms with Crippen LogP contribution >= 0.6 is 0 Å². The maximum Gasteiger partial charge on any atom is 0.227 e. The van der Waals surface area contributed by atoms with Gasteiger partial charge in [-0.2, -0.15) is 5.48 Å². The smallest absolute Gasteiger partial charge is 0.227 e. The van der Waals surface area contributed by atoms with Gasteiger partial charge in [0, 0.05) is 23.0 Å². The van der Waals surface area contributed by atoms with Crippen molar-refractivity contribution in [1.82, 2.24) is 15.4 Å². The number of fused-ring (bicyclic) bond motifs is 7. The van der Waals surface area contributed by atoms with Crippen LogP contribution < -0.4 is 15.5 Å². The van der Waals surface area contributed by atoms with E-state index in [4.69, 9.17) is 24.4 Å². The average molecular weight is 521 g/mol. The number of hydrogen-bond acceptors (Lipinski definition) is 9. The lowest BCUT2D eigenvalue weighted by molar-refractivity contribution is -0.00395. The van der Waals surface area contributed by atoms with Crippen molar-refractivity contribution >= 4 is 11.6 Å². The molecule has 0 fully saturated rings. The standard InChI is InChI=1S/C29H36N4O5/c34-28(33-35)10-3-1-2-4-17-38-27-12-11-25-19-24(27)21-37-16-6-5-15-36-20-22-8-7-9-23(18-22)26-13-14-30-29(31-25)32-26/h5-9,11-14,18-19,28,33-35H,1-4,10,15-17,20-21H2,(H,30,31,32)/b6-5+. The Hall–Kier alpha value is -3.34. The van der Waals surface area contributed by atoms with Gasteiger partial charge in [0.05, 0.1) is 38.7 Å². The van der Waals surface area contributed by atoms with Gasteiger partial charge in [0.1, 0.15) is 12.0 Å². The SMILES string of the molecule is ONC(O)CCCCCCOc1ccc2cc1COC/C=C/COCc1cccc(c1)-c1ccnc(n1)N2. The van der Waals surface area contributed by atoms with Crippen LogP contribution in [0.5, 0.6) is 5.75 Å². The Bertz CT molecular complexity index is 1170. The molecule has 9 nitrogen and oxygen atoms in total. The number of aromatic nitrogens is 2. The summed E-state index contributed by atoms with van der Waals surface area (Å²) in [6.07, 6.45) is 9.01. The number of anilines is 2. The third-order valence-electron chi connectivity index (χ3n) is 6.09. The summed E-state index contributed by atoms with van der Waals surface area (Å²) in [5.41, 5.74) is 6.55. The minimum absolute atomic E-state index is 0.396. The molecule has 1 aliphatic heterocycles. The van der Waals surface area contributed by atoms with Gasteiger partial charge in [-0.3, -0.25) is 0 Å². The highest BCUT2D eigenvalue weighted by Crippen LogP contribution is 2.27. The molecule has 0 amide bonds. The number of aliphatic hydroxyl groups excluding tert-OH is 1. The highest BCUT2D eigenvalue weighted by molar-refractivity contribution is 5.63. The number of nitrogens with zero attached hydrogens (tertiary/aromatic N) is 2. The van der Waals surface area contributed by atoms with E-state index in [0.29, 0.717) is 45.4 Å². The van der Waals surface area contributed by atoms with Crippen molar-refractivity contribution in [2.24, 2.45) is 0 Å². The van der Waals surface area contributed by atoms with Crippen molar-refractivity contribution < 1.29 is 24.5 Å². The van der Waals surface area contributed by atoms with Crippen LogP contribution in [0.4, 0.5) is 11.6 Å². The Kier molecular flexibility index (Phi) is 11.0. The third-order valence-corrected chi connectivity index (χ3v) is 6.09. The molecule has 9 heteroatoms. The van der Waals surface area contributed by atoms with Crippen LogP contribution in [0, 0.1) is 0 Å². The fraction of sp³-hybridized carbons (Fsp3) is 0.379. The number of aliphatic hydroxyl groups is 1. The maximum atomic E-state index is 9.33. The van der Waals surface area contributed by atoms with Gasteiger partial charge in [-0.1, -0.05) is 43.2 Å². The third kappa shape index (κ3) is 8.90. The Morgan fingerprint density at radius 2 is 1.82 bits per heavy atom. The first-order valence-corrected chi connectivity index (χ1v) is 13.0. The van der Waals surface area contributed by atoms with E-state index in [-0.39, 0.29) is 0 Å². The van der Waals surface area contributed by atoms with Gasteiger partial charge in [0.2, 0.25) is 5.95 Å². The molecule has 1 aliphatic rings. The summed E-state index contributed by atoms with van der Waals surface area (Å²) in [7, 11) is 0. The quantitative estimate of drug-likeness (QED) is 0.132. The summed E-state index contributed by atoms with van der Waals surface area (Å²) < 4.78 is 17.8. The van der Waals surface area contributed by atoms with Crippen LogP contribution in [0.3, 0.4) is 0 Å². The lowest BCUT2D eigenvalue weighted by Crippen LogP contribution is -2.24. The van der Waals surface area contributed by atoms with Gasteiger partial charge in [0.25, 0.3) is 0 Å². The number of ether oxygens (including phenoxy) is 3. The largest absolute Gasteiger partial charge is 0.493 e. The molecule has 2 heterocycles.